The number of rotatable bonds is 5. The van der Waals surface area contributed by atoms with E-state index in [-0.39, 0.29) is 0 Å². The zero-order chi connectivity index (χ0) is 33.0. The molecule has 0 bridgehead atoms. The molecule has 0 aliphatic carbocycles. The van der Waals surface area contributed by atoms with Gasteiger partial charge in [-0.1, -0.05) is 133 Å². The molecule has 0 saturated carbocycles. The van der Waals surface area contributed by atoms with E-state index in [0.29, 0.717) is 11.5 Å². The summed E-state index contributed by atoms with van der Waals surface area (Å²) in [6.07, 6.45) is 0. The lowest BCUT2D eigenvalue weighted by atomic mass is 9.96. The molecule has 0 aliphatic heterocycles. The molecule has 0 spiro atoms. The van der Waals surface area contributed by atoms with Crippen LogP contribution >= 0.6 is 0 Å². The molecule has 3 aromatic heterocycles. The monoisotopic (exact) mass is 639 g/mol. The molecular formula is C46H29N3O. The van der Waals surface area contributed by atoms with Gasteiger partial charge < -0.3 is 8.98 Å². The number of nitrogens with zero attached hydrogens (tertiary/aromatic N) is 3. The van der Waals surface area contributed by atoms with Crippen LogP contribution in [-0.2, 0) is 0 Å². The Balaban J connectivity index is 1.15. The first kappa shape index (κ1) is 28.3. The van der Waals surface area contributed by atoms with Gasteiger partial charge in [-0.15, -0.1) is 0 Å². The average Bonchev–Trinajstić information content (AvgIpc) is 3.74. The Hall–Kier alpha value is -6.78. The largest absolute Gasteiger partial charge is 0.438 e. The Kier molecular flexibility index (Phi) is 6.46. The molecule has 0 fully saturated rings. The Morgan fingerprint density at radius 2 is 0.940 bits per heavy atom. The standard InChI is InChI=1S/C46H29N3O/c1-2-13-30(14-3-1)31-15-10-16-32(27-31)33-17-11-18-34(28-33)44-43-39-23-6-9-26-42(39)50-46(43)48-45(47-44)35-19-12-20-36(29-35)49-40-24-7-4-21-37(40)38-22-5-8-25-41(38)49/h1-29H. The van der Waals surface area contributed by atoms with E-state index in [1.807, 2.05) is 24.3 Å². The van der Waals surface area contributed by atoms with Crippen molar-refractivity contribution in [2.24, 2.45) is 0 Å². The lowest BCUT2D eigenvalue weighted by molar-refractivity contribution is 0.653. The lowest BCUT2D eigenvalue weighted by Crippen LogP contribution is -1.97. The molecule has 50 heavy (non-hydrogen) atoms. The van der Waals surface area contributed by atoms with Crippen LogP contribution in [0, 0.1) is 0 Å². The van der Waals surface area contributed by atoms with Crippen LogP contribution in [0.5, 0.6) is 0 Å². The molecule has 0 N–H and O–H groups in total. The van der Waals surface area contributed by atoms with Crippen LogP contribution in [0.3, 0.4) is 0 Å². The number of hydrogen-bond donors (Lipinski definition) is 0. The van der Waals surface area contributed by atoms with Crippen molar-refractivity contribution in [1.29, 1.82) is 0 Å². The van der Waals surface area contributed by atoms with Crippen LogP contribution in [0.15, 0.2) is 180 Å². The van der Waals surface area contributed by atoms with Gasteiger partial charge in [0.25, 0.3) is 0 Å². The summed E-state index contributed by atoms with van der Waals surface area (Å²) in [5.41, 5.74) is 12.2. The van der Waals surface area contributed by atoms with Gasteiger partial charge in [0.2, 0.25) is 5.71 Å². The number of para-hydroxylation sites is 3. The van der Waals surface area contributed by atoms with Crippen molar-refractivity contribution < 1.29 is 4.42 Å². The van der Waals surface area contributed by atoms with Gasteiger partial charge in [-0.3, -0.25) is 0 Å². The van der Waals surface area contributed by atoms with Gasteiger partial charge in [0.05, 0.1) is 22.1 Å². The SMILES string of the molecule is c1ccc(-c2cccc(-c3cccc(-c4nc(-c5cccc(-n6c7ccccc7c7ccccc76)c5)nc5oc6ccccc6c45)c3)c2)cc1. The van der Waals surface area contributed by atoms with Gasteiger partial charge >= 0.3 is 0 Å². The fourth-order valence-electron chi connectivity index (χ4n) is 7.30. The first-order valence-electron chi connectivity index (χ1n) is 16.8. The zero-order valence-corrected chi connectivity index (χ0v) is 27.0. The molecule has 0 atom stereocenters. The number of furan rings is 1. The van der Waals surface area contributed by atoms with E-state index < -0.39 is 0 Å². The third-order valence-electron chi connectivity index (χ3n) is 9.62. The topological polar surface area (TPSA) is 43.9 Å². The Labute approximate surface area is 288 Å². The minimum atomic E-state index is 0.574. The molecule has 4 heteroatoms. The Bertz CT molecular complexity index is 2830. The number of hydrogen-bond acceptors (Lipinski definition) is 3. The van der Waals surface area contributed by atoms with Gasteiger partial charge in [-0.25, -0.2) is 4.98 Å². The Morgan fingerprint density at radius 1 is 0.400 bits per heavy atom. The second kappa shape index (κ2) is 11.4. The third-order valence-corrected chi connectivity index (χ3v) is 9.62. The molecule has 4 nitrogen and oxygen atoms in total. The molecule has 0 radical (unpaired) electrons. The summed E-state index contributed by atoms with van der Waals surface area (Å²) in [5.74, 6) is 0.616. The quantitative estimate of drug-likeness (QED) is 0.188. The summed E-state index contributed by atoms with van der Waals surface area (Å²) in [6, 6.07) is 61.6. The van der Waals surface area contributed by atoms with Gasteiger partial charge in [-0.05, 0) is 64.7 Å². The van der Waals surface area contributed by atoms with Crippen LogP contribution in [-0.4, -0.2) is 14.5 Å². The summed E-state index contributed by atoms with van der Waals surface area (Å²) in [5, 5.41) is 4.37. The summed E-state index contributed by atoms with van der Waals surface area (Å²) in [7, 11) is 0. The Morgan fingerprint density at radius 3 is 1.68 bits per heavy atom. The van der Waals surface area contributed by atoms with Crippen molar-refractivity contribution in [2.45, 2.75) is 0 Å². The number of benzene rings is 7. The maximum absolute atomic E-state index is 6.42. The maximum atomic E-state index is 6.42. The van der Waals surface area contributed by atoms with Crippen molar-refractivity contribution in [3.8, 4) is 50.6 Å². The number of aromatic nitrogens is 3. The van der Waals surface area contributed by atoms with Crippen molar-refractivity contribution in [1.82, 2.24) is 14.5 Å². The molecule has 7 aromatic carbocycles. The molecular weight excluding hydrogens is 611 g/mol. The predicted molar refractivity (Wildman–Crippen MR) is 205 cm³/mol. The van der Waals surface area contributed by atoms with Crippen molar-refractivity contribution in [3.63, 3.8) is 0 Å². The molecule has 234 valence electrons. The molecule has 0 saturated heterocycles. The van der Waals surface area contributed by atoms with E-state index in [4.69, 9.17) is 14.4 Å². The van der Waals surface area contributed by atoms with E-state index in [0.717, 1.165) is 61.0 Å². The minimum Gasteiger partial charge on any atom is -0.438 e. The summed E-state index contributed by atoms with van der Waals surface area (Å²) in [4.78, 5) is 10.4. The number of fused-ring (bicyclic) bond motifs is 6. The van der Waals surface area contributed by atoms with E-state index >= 15 is 0 Å². The third kappa shape index (κ3) is 4.61. The molecule has 0 unspecified atom stereocenters. The second-order valence-electron chi connectivity index (χ2n) is 12.6. The maximum Gasteiger partial charge on any atom is 0.231 e. The van der Waals surface area contributed by atoms with E-state index in [2.05, 4.69) is 156 Å². The minimum absolute atomic E-state index is 0.574. The highest BCUT2D eigenvalue weighted by Crippen LogP contribution is 2.39. The second-order valence-corrected chi connectivity index (χ2v) is 12.6. The molecule has 0 aliphatic rings. The first-order valence-corrected chi connectivity index (χ1v) is 16.8. The highest BCUT2D eigenvalue weighted by molar-refractivity contribution is 6.11. The van der Waals surface area contributed by atoms with Gasteiger partial charge in [0, 0.05) is 33.0 Å². The summed E-state index contributed by atoms with van der Waals surface area (Å²) in [6.45, 7) is 0. The molecule has 10 aromatic rings. The van der Waals surface area contributed by atoms with Crippen molar-refractivity contribution >= 4 is 43.9 Å². The van der Waals surface area contributed by atoms with E-state index in [9.17, 15) is 0 Å². The van der Waals surface area contributed by atoms with Crippen LogP contribution in [0.4, 0.5) is 0 Å². The van der Waals surface area contributed by atoms with Gasteiger partial charge in [-0.2, -0.15) is 4.98 Å². The van der Waals surface area contributed by atoms with Gasteiger partial charge in [0.15, 0.2) is 5.82 Å². The van der Waals surface area contributed by atoms with Crippen LogP contribution in [0.2, 0.25) is 0 Å². The molecule has 0 amide bonds. The van der Waals surface area contributed by atoms with Crippen LogP contribution < -0.4 is 0 Å². The fourth-order valence-corrected chi connectivity index (χ4v) is 7.30. The van der Waals surface area contributed by atoms with E-state index in [1.165, 1.54) is 21.9 Å². The molecule has 10 rings (SSSR count). The van der Waals surface area contributed by atoms with Crippen LogP contribution in [0.25, 0.3) is 94.5 Å². The summed E-state index contributed by atoms with van der Waals surface area (Å²) >= 11 is 0. The van der Waals surface area contributed by atoms with Crippen molar-refractivity contribution in [3.05, 3.63) is 176 Å². The smallest absolute Gasteiger partial charge is 0.231 e. The molecule has 3 heterocycles. The normalized spacial score (nSPS) is 11.6. The average molecular weight is 640 g/mol. The zero-order valence-electron chi connectivity index (χ0n) is 27.0. The lowest BCUT2D eigenvalue weighted by Gasteiger charge is -2.12. The fraction of sp³-hybridized carbons (Fsp3) is 0. The highest BCUT2D eigenvalue weighted by atomic mass is 16.3. The van der Waals surface area contributed by atoms with Crippen LogP contribution in [0.1, 0.15) is 0 Å². The van der Waals surface area contributed by atoms with Crippen molar-refractivity contribution in [2.75, 3.05) is 0 Å². The summed E-state index contributed by atoms with van der Waals surface area (Å²) < 4.78 is 8.74. The van der Waals surface area contributed by atoms with Gasteiger partial charge in [0.1, 0.15) is 5.58 Å². The highest BCUT2D eigenvalue weighted by Gasteiger charge is 2.19. The van der Waals surface area contributed by atoms with E-state index in [1.54, 1.807) is 0 Å². The first-order chi connectivity index (χ1) is 24.8. The predicted octanol–water partition coefficient (Wildman–Crippen LogP) is 12.1.